The van der Waals surface area contributed by atoms with Crippen LogP contribution in [0.1, 0.15) is 5.56 Å². The molecular weight excluding hydrogens is 272 g/mol. The lowest BCUT2D eigenvalue weighted by molar-refractivity contribution is 0.209. The number of carboxylic acid groups (broad SMARTS) is 1. The summed E-state index contributed by atoms with van der Waals surface area (Å²) in [5.74, 6) is 0.424. The van der Waals surface area contributed by atoms with Crippen molar-refractivity contribution >= 4 is 23.6 Å². The van der Waals surface area contributed by atoms with E-state index in [4.69, 9.17) is 9.84 Å². The van der Waals surface area contributed by atoms with Crippen molar-refractivity contribution in [3.8, 4) is 5.75 Å². The molecule has 0 radical (unpaired) electrons. The van der Waals surface area contributed by atoms with Crippen LogP contribution in [0.3, 0.4) is 0 Å². The van der Waals surface area contributed by atoms with Gasteiger partial charge in [-0.3, -0.25) is 10.6 Å². The van der Waals surface area contributed by atoms with Gasteiger partial charge in [0.15, 0.2) is 0 Å². The molecule has 0 bridgehead atoms. The predicted octanol–water partition coefficient (Wildman–Crippen LogP) is 3.70. The minimum Gasteiger partial charge on any atom is -0.465 e. The Kier molecular flexibility index (Phi) is 4.40. The van der Waals surface area contributed by atoms with Gasteiger partial charge >= 0.3 is 12.2 Å². The minimum atomic E-state index is -1.17. The highest BCUT2D eigenvalue weighted by Gasteiger charge is 2.08. The van der Waals surface area contributed by atoms with Gasteiger partial charge in [0, 0.05) is 11.4 Å². The van der Waals surface area contributed by atoms with Crippen LogP contribution in [-0.2, 0) is 0 Å². The summed E-state index contributed by atoms with van der Waals surface area (Å²) < 4.78 is 5.11. The third kappa shape index (κ3) is 4.24. The number of para-hydroxylation sites is 1. The van der Waals surface area contributed by atoms with Gasteiger partial charge in [0.1, 0.15) is 5.75 Å². The van der Waals surface area contributed by atoms with Gasteiger partial charge < -0.3 is 9.84 Å². The van der Waals surface area contributed by atoms with Gasteiger partial charge in [-0.2, -0.15) is 0 Å². The number of aryl methyl sites for hydroxylation is 1. The van der Waals surface area contributed by atoms with Crippen LogP contribution in [0.5, 0.6) is 5.75 Å². The fourth-order valence-electron chi connectivity index (χ4n) is 1.69. The second-order valence-corrected chi connectivity index (χ2v) is 4.29. The molecule has 2 rings (SSSR count). The van der Waals surface area contributed by atoms with Gasteiger partial charge in [0.05, 0.1) is 0 Å². The zero-order valence-corrected chi connectivity index (χ0v) is 11.3. The third-order valence-electron chi connectivity index (χ3n) is 2.68. The van der Waals surface area contributed by atoms with E-state index in [1.54, 1.807) is 43.3 Å². The van der Waals surface area contributed by atoms with Crippen LogP contribution >= 0.6 is 0 Å². The van der Waals surface area contributed by atoms with Gasteiger partial charge in [-0.25, -0.2) is 9.59 Å². The zero-order chi connectivity index (χ0) is 15.2. The molecule has 0 aliphatic rings. The van der Waals surface area contributed by atoms with E-state index >= 15 is 0 Å². The van der Waals surface area contributed by atoms with Crippen molar-refractivity contribution in [2.75, 3.05) is 10.6 Å². The molecule has 2 amide bonds. The number of carbonyl (C=O) groups is 2. The summed E-state index contributed by atoms with van der Waals surface area (Å²) in [6.07, 6.45) is -1.81. The van der Waals surface area contributed by atoms with Crippen LogP contribution in [0.4, 0.5) is 21.0 Å². The number of ether oxygens (including phenoxy) is 1. The molecule has 2 aromatic carbocycles. The second kappa shape index (κ2) is 6.42. The number of hydrogen-bond donors (Lipinski definition) is 3. The molecule has 0 fully saturated rings. The van der Waals surface area contributed by atoms with Crippen molar-refractivity contribution in [3.05, 3.63) is 54.1 Å². The van der Waals surface area contributed by atoms with Crippen molar-refractivity contribution < 1.29 is 19.4 Å². The molecule has 108 valence electrons. The molecule has 0 saturated heterocycles. The number of rotatable bonds is 3. The first-order valence-corrected chi connectivity index (χ1v) is 6.19. The van der Waals surface area contributed by atoms with Crippen LogP contribution < -0.4 is 15.4 Å². The van der Waals surface area contributed by atoms with E-state index in [2.05, 4.69) is 10.6 Å². The van der Waals surface area contributed by atoms with Crippen LogP contribution in [0, 0.1) is 6.92 Å². The quantitative estimate of drug-likeness (QED) is 0.802. The average molecular weight is 286 g/mol. The summed E-state index contributed by atoms with van der Waals surface area (Å²) >= 11 is 0. The van der Waals surface area contributed by atoms with E-state index in [1.807, 2.05) is 6.07 Å². The standard InChI is InChI=1S/C15H14N2O4/c1-10-7-8-11(16-14(18)19)9-13(10)17-15(20)21-12-5-3-2-4-6-12/h2-9,16H,1H3,(H,17,20)(H,18,19). The van der Waals surface area contributed by atoms with Gasteiger partial charge in [-0.1, -0.05) is 24.3 Å². The summed E-state index contributed by atoms with van der Waals surface area (Å²) in [7, 11) is 0. The molecule has 0 heterocycles. The van der Waals surface area contributed by atoms with Crippen LogP contribution in [0.15, 0.2) is 48.5 Å². The molecule has 21 heavy (non-hydrogen) atoms. The Hall–Kier alpha value is -3.02. The van der Waals surface area contributed by atoms with E-state index in [0.29, 0.717) is 17.1 Å². The van der Waals surface area contributed by atoms with Crippen molar-refractivity contribution in [1.82, 2.24) is 0 Å². The summed E-state index contributed by atoms with van der Waals surface area (Å²) in [6.45, 7) is 1.79. The number of amides is 2. The lowest BCUT2D eigenvalue weighted by Crippen LogP contribution is -2.17. The fraction of sp³-hybridized carbons (Fsp3) is 0.0667. The molecule has 0 saturated carbocycles. The highest BCUT2D eigenvalue weighted by Crippen LogP contribution is 2.21. The molecule has 0 aliphatic heterocycles. The number of hydrogen-bond acceptors (Lipinski definition) is 3. The minimum absolute atomic E-state index is 0.364. The first-order chi connectivity index (χ1) is 10.0. The van der Waals surface area contributed by atoms with Gasteiger partial charge in [0.2, 0.25) is 0 Å². The maximum Gasteiger partial charge on any atom is 0.417 e. The molecule has 0 aliphatic carbocycles. The molecular formula is C15H14N2O4. The normalized spacial score (nSPS) is 9.76. The van der Waals surface area contributed by atoms with E-state index in [0.717, 1.165) is 5.56 Å². The Balaban J connectivity index is 2.07. The second-order valence-electron chi connectivity index (χ2n) is 4.29. The number of nitrogens with one attached hydrogen (secondary N) is 2. The summed E-state index contributed by atoms with van der Waals surface area (Å²) in [5, 5.41) is 13.5. The van der Waals surface area contributed by atoms with Gasteiger partial charge in [-0.05, 0) is 36.8 Å². The molecule has 0 atom stereocenters. The topological polar surface area (TPSA) is 87.7 Å². The van der Waals surface area contributed by atoms with Crippen LogP contribution in [0.2, 0.25) is 0 Å². The number of benzene rings is 2. The van der Waals surface area contributed by atoms with E-state index in [-0.39, 0.29) is 0 Å². The largest absolute Gasteiger partial charge is 0.465 e. The predicted molar refractivity (Wildman–Crippen MR) is 78.9 cm³/mol. The van der Waals surface area contributed by atoms with Gasteiger partial charge in [-0.15, -0.1) is 0 Å². The van der Waals surface area contributed by atoms with E-state index in [9.17, 15) is 9.59 Å². The summed E-state index contributed by atoms with van der Waals surface area (Å²) in [4.78, 5) is 22.4. The molecule has 0 spiro atoms. The highest BCUT2D eigenvalue weighted by atomic mass is 16.6. The molecule has 6 heteroatoms. The molecule has 3 N–H and O–H groups in total. The smallest absolute Gasteiger partial charge is 0.417 e. The Morgan fingerprint density at radius 1 is 1.05 bits per heavy atom. The lowest BCUT2D eigenvalue weighted by Gasteiger charge is -2.10. The van der Waals surface area contributed by atoms with Crippen molar-refractivity contribution in [1.29, 1.82) is 0 Å². The monoisotopic (exact) mass is 286 g/mol. The summed E-state index contributed by atoms with van der Waals surface area (Å²) in [5.41, 5.74) is 1.63. The Morgan fingerprint density at radius 2 is 1.76 bits per heavy atom. The van der Waals surface area contributed by atoms with E-state index in [1.165, 1.54) is 6.07 Å². The van der Waals surface area contributed by atoms with Crippen molar-refractivity contribution in [2.45, 2.75) is 6.92 Å². The zero-order valence-electron chi connectivity index (χ0n) is 11.3. The molecule has 2 aromatic rings. The fourth-order valence-corrected chi connectivity index (χ4v) is 1.69. The first kappa shape index (κ1) is 14.4. The van der Waals surface area contributed by atoms with Crippen LogP contribution in [-0.4, -0.2) is 17.3 Å². The summed E-state index contributed by atoms with van der Waals surface area (Å²) in [6, 6.07) is 13.5. The van der Waals surface area contributed by atoms with Gasteiger partial charge in [0.25, 0.3) is 0 Å². The Labute approximate surface area is 121 Å². The SMILES string of the molecule is Cc1ccc(NC(=O)O)cc1NC(=O)Oc1ccccc1. The lowest BCUT2D eigenvalue weighted by atomic mass is 10.2. The maximum absolute atomic E-state index is 11.8. The molecule has 6 nitrogen and oxygen atoms in total. The molecule has 0 aromatic heterocycles. The highest BCUT2D eigenvalue weighted by molar-refractivity contribution is 5.90. The number of carbonyl (C=O) groups excluding carboxylic acids is 1. The third-order valence-corrected chi connectivity index (χ3v) is 2.68. The van der Waals surface area contributed by atoms with Crippen LogP contribution in [0.25, 0.3) is 0 Å². The Bertz CT molecular complexity index is 656. The van der Waals surface area contributed by atoms with E-state index < -0.39 is 12.2 Å². The van der Waals surface area contributed by atoms with Crippen molar-refractivity contribution in [2.24, 2.45) is 0 Å². The number of anilines is 2. The first-order valence-electron chi connectivity index (χ1n) is 6.19. The average Bonchev–Trinajstić information content (AvgIpc) is 2.43. The molecule has 0 unspecified atom stereocenters. The van der Waals surface area contributed by atoms with Crippen molar-refractivity contribution in [3.63, 3.8) is 0 Å². The Morgan fingerprint density at radius 3 is 2.43 bits per heavy atom. The maximum atomic E-state index is 11.8.